The molecule has 6 nitrogen and oxygen atoms in total. The molecule has 0 aliphatic heterocycles. The SMILES string of the molecule is CCCn1c(SCC(=O)Nc2cccc(Cl)c2C)nc2c(-c3ccccc3)cn(C)c2c1=O. The number of carbonyl (C=O) groups is 1. The number of hydrogen-bond acceptors (Lipinski definition) is 4. The molecular formula is C25H25ClN4O2S. The first-order chi connectivity index (χ1) is 15.9. The van der Waals surface area contributed by atoms with Crippen LogP contribution in [0.5, 0.6) is 0 Å². The summed E-state index contributed by atoms with van der Waals surface area (Å²) in [5.74, 6) is -0.0553. The second kappa shape index (κ2) is 9.85. The Morgan fingerprint density at radius 1 is 1.15 bits per heavy atom. The van der Waals surface area contributed by atoms with Gasteiger partial charge in [-0.1, -0.05) is 66.7 Å². The Hall–Kier alpha value is -3.03. The first kappa shape index (κ1) is 23.1. The number of halogens is 1. The number of amides is 1. The molecule has 2 aromatic carbocycles. The summed E-state index contributed by atoms with van der Waals surface area (Å²) < 4.78 is 3.50. The fourth-order valence-electron chi connectivity index (χ4n) is 3.77. The second-order valence-electron chi connectivity index (χ2n) is 7.82. The molecule has 4 rings (SSSR count). The summed E-state index contributed by atoms with van der Waals surface area (Å²) >= 11 is 7.42. The van der Waals surface area contributed by atoms with Crippen LogP contribution < -0.4 is 10.9 Å². The van der Waals surface area contributed by atoms with E-state index in [1.807, 2.05) is 68.1 Å². The van der Waals surface area contributed by atoms with E-state index < -0.39 is 0 Å². The summed E-state index contributed by atoms with van der Waals surface area (Å²) in [6.07, 6.45) is 2.72. The molecule has 1 N–H and O–H groups in total. The highest BCUT2D eigenvalue weighted by molar-refractivity contribution is 7.99. The second-order valence-corrected chi connectivity index (χ2v) is 9.17. The van der Waals surface area contributed by atoms with E-state index in [1.165, 1.54) is 11.8 Å². The lowest BCUT2D eigenvalue weighted by molar-refractivity contribution is -0.113. The molecule has 2 heterocycles. The van der Waals surface area contributed by atoms with Crippen LogP contribution >= 0.6 is 23.4 Å². The van der Waals surface area contributed by atoms with E-state index in [2.05, 4.69) is 5.32 Å². The molecule has 0 spiro atoms. The third-order valence-corrected chi connectivity index (χ3v) is 6.83. The lowest BCUT2D eigenvalue weighted by Gasteiger charge is -2.13. The lowest BCUT2D eigenvalue weighted by atomic mass is 10.1. The van der Waals surface area contributed by atoms with E-state index in [0.29, 0.717) is 33.4 Å². The van der Waals surface area contributed by atoms with Crippen molar-refractivity contribution >= 4 is 46.0 Å². The number of thioether (sulfide) groups is 1. The molecule has 0 saturated heterocycles. The molecule has 0 saturated carbocycles. The van der Waals surface area contributed by atoms with Crippen molar-refractivity contribution < 1.29 is 4.79 Å². The van der Waals surface area contributed by atoms with Crippen molar-refractivity contribution in [1.82, 2.24) is 14.1 Å². The van der Waals surface area contributed by atoms with E-state index in [1.54, 1.807) is 16.7 Å². The summed E-state index contributed by atoms with van der Waals surface area (Å²) in [5.41, 5.74) is 4.50. The summed E-state index contributed by atoms with van der Waals surface area (Å²) in [7, 11) is 1.86. The van der Waals surface area contributed by atoms with Crippen molar-refractivity contribution in [1.29, 1.82) is 0 Å². The largest absolute Gasteiger partial charge is 0.344 e. The summed E-state index contributed by atoms with van der Waals surface area (Å²) in [5, 5.41) is 4.04. The number of rotatable bonds is 7. The van der Waals surface area contributed by atoms with Gasteiger partial charge < -0.3 is 9.88 Å². The minimum Gasteiger partial charge on any atom is -0.344 e. The molecule has 1 amide bonds. The van der Waals surface area contributed by atoms with Crippen molar-refractivity contribution in [2.24, 2.45) is 7.05 Å². The minimum absolute atomic E-state index is 0.0971. The van der Waals surface area contributed by atoms with Crippen LogP contribution in [0.15, 0.2) is 64.7 Å². The van der Waals surface area contributed by atoms with Gasteiger partial charge in [-0.3, -0.25) is 14.2 Å². The average Bonchev–Trinajstić information content (AvgIpc) is 3.14. The third kappa shape index (κ3) is 4.70. The highest BCUT2D eigenvalue weighted by Crippen LogP contribution is 2.29. The van der Waals surface area contributed by atoms with Crippen molar-refractivity contribution in [2.75, 3.05) is 11.1 Å². The smallest absolute Gasteiger partial charge is 0.278 e. The number of aryl methyl sites for hydroxylation is 1. The number of carbonyl (C=O) groups excluding carboxylic acids is 1. The average molecular weight is 481 g/mol. The van der Waals surface area contributed by atoms with Gasteiger partial charge in [-0.2, -0.15) is 0 Å². The van der Waals surface area contributed by atoms with E-state index in [-0.39, 0.29) is 17.2 Å². The summed E-state index contributed by atoms with van der Waals surface area (Å²) in [6, 6.07) is 15.3. The van der Waals surface area contributed by atoms with E-state index >= 15 is 0 Å². The number of benzene rings is 2. The Bertz CT molecular complexity index is 1380. The molecule has 0 aliphatic carbocycles. The molecule has 0 bridgehead atoms. The van der Waals surface area contributed by atoms with Crippen molar-refractivity contribution in [3.05, 3.63) is 75.7 Å². The molecule has 0 radical (unpaired) electrons. The molecule has 170 valence electrons. The molecule has 0 atom stereocenters. The zero-order valence-electron chi connectivity index (χ0n) is 18.8. The fourth-order valence-corrected chi connectivity index (χ4v) is 4.76. The van der Waals surface area contributed by atoms with Crippen LogP contribution in [0.3, 0.4) is 0 Å². The van der Waals surface area contributed by atoms with Gasteiger partial charge >= 0.3 is 0 Å². The van der Waals surface area contributed by atoms with Crippen LogP contribution in [0, 0.1) is 6.92 Å². The Morgan fingerprint density at radius 2 is 1.91 bits per heavy atom. The maximum atomic E-state index is 13.4. The van der Waals surface area contributed by atoms with Crippen LogP contribution in [0.25, 0.3) is 22.2 Å². The van der Waals surface area contributed by atoms with Crippen LogP contribution in [-0.2, 0) is 18.4 Å². The quantitative estimate of drug-likeness (QED) is 0.280. The minimum atomic E-state index is -0.181. The van der Waals surface area contributed by atoms with Gasteiger partial charge in [-0.05, 0) is 36.6 Å². The fraction of sp³-hybridized carbons (Fsp3) is 0.240. The molecule has 2 aromatic heterocycles. The number of aromatic nitrogens is 3. The first-order valence-corrected chi connectivity index (χ1v) is 12.1. The normalized spacial score (nSPS) is 11.2. The zero-order valence-corrected chi connectivity index (χ0v) is 20.3. The first-order valence-electron chi connectivity index (χ1n) is 10.7. The summed E-state index contributed by atoms with van der Waals surface area (Å²) in [6.45, 7) is 4.41. The van der Waals surface area contributed by atoms with E-state index in [9.17, 15) is 9.59 Å². The lowest BCUT2D eigenvalue weighted by Crippen LogP contribution is -2.25. The Kier molecular flexibility index (Phi) is 6.91. The number of hydrogen-bond donors (Lipinski definition) is 1. The molecule has 8 heteroatoms. The van der Waals surface area contributed by atoms with Crippen LogP contribution in [0.4, 0.5) is 5.69 Å². The molecule has 0 unspecified atom stereocenters. The van der Waals surface area contributed by atoms with Gasteiger partial charge in [0.05, 0.1) is 5.75 Å². The number of nitrogens with one attached hydrogen (secondary N) is 1. The molecular weight excluding hydrogens is 456 g/mol. The maximum Gasteiger partial charge on any atom is 0.278 e. The van der Waals surface area contributed by atoms with Crippen LogP contribution in [0.1, 0.15) is 18.9 Å². The summed E-state index contributed by atoms with van der Waals surface area (Å²) in [4.78, 5) is 30.9. The highest BCUT2D eigenvalue weighted by Gasteiger charge is 2.19. The number of fused-ring (bicyclic) bond motifs is 1. The number of nitrogens with zero attached hydrogens (tertiary/aromatic N) is 3. The van der Waals surface area contributed by atoms with Gasteiger partial charge in [0.2, 0.25) is 5.91 Å². The van der Waals surface area contributed by atoms with Crippen LogP contribution in [-0.4, -0.2) is 25.8 Å². The van der Waals surface area contributed by atoms with Gasteiger partial charge in [0, 0.05) is 36.1 Å². The van der Waals surface area contributed by atoms with Gasteiger partial charge in [0.15, 0.2) is 5.16 Å². The predicted molar refractivity (Wildman–Crippen MR) is 136 cm³/mol. The predicted octanol–water partition coefficient (Wildman–Crippen LogP) is 5.50. The van der Waals surface area contributed by atoms with Gasteiger partial charge in [0.1, 0.15) is 11.0 Å². The monoisotopic (exact) mass is 480 g/mol. The maximum absolute atomic E-state index is 13.4. The zero-order chi connectivity index (χ0) is 23.5. The van der Waals surface area contributed by atoms with Gasteiger partial charge in [0.25, 0.3) is 5.56 Å². The van der Waals surface area contributed by atoms with Crippen molar-refractivity contribution in [3.63, 3.8) is 0 Å². The Labute approximate surface area is 201 Å². The third-order valence-electron chi connectivity index (χ3n) is 5.45. The van der Waals surface area contributed by atoms with Crippen LogP contribution in [0.2, 0.25) is 5.02 Å². The highest BCUT2D eigenvalue weighted by atomic mass is 35.5. The van der Waals surface area contributed by atoms with Crippen molar-refractivity contribution in [3.8, 4) is 11.1 Å². The van der Waals surface area contributed by atoms with E-state index in [4.69, 9.17) is 16.6 Å². The molecule has 0 aliphatic rings. The Morgan fingerprint density at radius 3 is 2.64 bits per heavy atom. The van der Waals surface area contributed by atoms with Gasteiger partial charge in [-0.15, -0.1) is 0 Å². The topological polar surface area (TPSA) is 68.9 Å². The molecule has 33 heavy (non-hydrogen) atoms. The molecule has 0 fully saturated rings. The molecule has 4 aromatic rings. The Balaban J connectivity index is 1.69. The van der Waals surface area contributed by atoms with Gasteiger partial charge in [-0.25, -0.2) is 4.98 Å². The standard InChI is InChI=1S/C25H25ClN4O2S/c1-4-13-30-24(32)23-22(18(14-29(23)3)17-9-6-5-7-10-17)28-25(30)33-15-21(31)27-20-12-8-11-19(26)16(20)2/h5-12,14H,4,13,15H2,1-3H3,(H,27,31). The number of anilines is 1. The van der Waals surface area contributed by atoms with E-state index in [0.717, 1.165) is 23.1 Å². The van der Waals surface area contributed by atoms with Crippen molar-refractivity contribution in [2.45, 2.75) is 32.0 Å².